The van der Waals surface area contributed by atoms with Gasteiger partial charge in [0.1, 0.15) is 11.8 Å². The minimum Gasteiger partial charge on any atom is -0.494 e. The van der Waals surface area contributed by atoms with Crippen LogP contribution in [-0.2, 0) is 21.4 Å². The Balaban J connectivity index is 2.20. The van der Waals surface area contributed by atoms with Crippen molar-refractivity contribution in [3.05, 3.63) is 64.2 Å². The van der Waals surface area contributed by atoms with Gasteiger partial charge in [0.25, 0.3) is 5.69 Å². The van der Waals surface area contributed by atoms with Crippen molar-refractivity contribution < 1.29 is 22.9 Å². The highest BCUT2D eigenvalue weighted by atomic mass is 32.2. The van der Waals surface area contributed by atoms with Gasteiger partial charge in [0, 0.05) is 18.7 Å². The quantitative estimate of drug-likeness (QED) is 0.491. The fourth-order valence-corrected chi connectivity index (χ4v) is 3.97. The number of rotatable bonds is 9. The van der Waals surface area contributed by atoms with Crippen molar-refractivity contribution in [1.82, 2.24) is 5.32 Å². The van der Waals surface area contributed by atoms with E-state index in [4.69, 9.17) is 4.74 Å². The Morgan fingerprint density at radius 3 is 2.55 bits per heavy atom. The monoisotopic (exact) mass is 421 g/mol. The predicted octanol–water partition coefficient (Wildman–Crippen LogP) is 2.46. The predicted molar refractivity (Wildman–Crippen MR) is 109 cm³/mol. The number of hydrogen-bond acceptors (Lipinski definition) is 6. The summed E-state index contributed by atoms with van der Waals surface area (Å²) in [6, 6.07) is 11.2. The highest BCUT2D eigenvalue weighted by Crippen LogP contribution is 2.25. The van der Waals surface area contributed by atoms with E-state index in [0.29, 0.717) is 12.4 Å². The van der Waals surface area contributed by atoms with E-state index in [1.807, 2.05) is 13.0 Å². The van der Waals surface area contributed by atoms with Gasteiger partial charge in [-0.05, 0) is 37.6 Å². The molecule has 0 aliphatic rings. The summed E-state index contributed by atoms with van der Waals surface area (Å²) >= 11 is 0. The van der Waals surface area contributed by atoms with Crippen molar-refractivity contribution in [2.75, 3.05) is 17.2 Å². The van der Waals surface area contributed by atoms with Crippen molar-refractivity contribution in [1.29, 1.82) is 0 Å². The van der Waals surface area contributed by atoms with Gasteiger partial charge in [0.05, 0.1) is 23.5 Å². The highest BCUT2D eigenvalue weighted by Gasteiger charge is 2.29. The van der Waals surface area contributed by atoms with Crippen LogP contribution in [0.1, 0.15) is 19.4 Å². The van der Waals surface area contributed by atoms with Crippen LogP contribution in [0.4, 0.5) is 11.4 Å². The third-order valence-corrected chi connectivity index (χ3v) is 5.30. The molecule has 1 atom stereocenters. The summed E-state index contributed by atoms with van der Waals surface area (Å²) < 4.78 is 30.9. The van der Waals surface area contributed by atoms with Crippen LogP contribution in [0.2, 0.25) is 0 Å². The van der Waals surface area contributed by atoms with Gasteiger partial charge < -0.3 is 10.1 Å². The first-order valence-electron chi connectivity index (χ1n) is 8.86. The lowest BCUT2D eigenvalue weighted by atomic mass is 10.2. The molecule has 2 aromatic carbocycles. The highest BCUT2D eigenvalue weighted by molar-refractivity contribution is 7.92. The zero-order valence-corrected chi connectivity index (χ0v) is 17.2. The molecule has 0 spiro atoms. The molecule has 0 aliphatic heterocycles. The molecule has 9 nitrogen and oxygen atoms in total. The summed E-state index contributed by atoms with van der Waals surface area (Å²) in [5.74, 6) is 0.130. The van der Waals surface area contributed by atoms with Crippen molar-refractivity contribution in [2.45, 2.75) is 26.4 Å². The molecule has 0 bridgehead atoms. The lowest BCUT2D eigenvalue weighted by molar-refractivity contribution is -0.384. The number of nitrogens with one attached hydrogen (secondary N) is 1. The van der Waals surface area contributed by atoms with Gasteiger partial charge in [-0.25, -0.2) is 8.42 Å². The maximum Gasteiger partial charge on any atom is 0.271 e. The van der Waals surface area contributed by atoms with Crippen molar-refractivity contribution in [3.63, 3.8) is 0 Å². The Morgan fingerprint density at radius 2 is 1.93 bits per heavy atom. The fourth-order valence-electron chi connectivity index (χ4n) is 2.80. The van der Waals surface area contributed by atoms with E-state index in [1.54, 1.807) is 18.2 Å². The molecule has 156 valence electrons. The number of non-ortho nitro benzene ring substituents is 1. The molecule has 2 aromatic rings. The van der Waals surface area contributed by atoms with Crippen LogP contribution in [-0.4, -0.2) is 38.2 Å². The molecule has 1 unspecified atom stereocenters. The minimum atomic E-state index is -3.87. The van der Waals surface area contributed by atoms with Gasteiger partial charge in [0.15, 0.2) is 0 Å². The van der Waals surface area contributed by atoms with E-state index < -0.39 is 26.9 Å². The number of benzene rings is 2. The number of ether oxygens (including phenoxy) is 1. The van der Waals surface area contributed by atoms with Crippen molar-refractivity contribution >= 4 is 27.3 Å². The third-order valence-electron chi connectivity index (χ3n) is 4.06. The number of anilines is 1. The number of nitro benzene ring substituents is 1. The van der Waals surface area contributed by atoms with Gasteiger partial charge in [0.2, 0.25) is 15.9 Å². The summed E-state index contributed by atoms with van der Waals surface area (Å²) in [4.78, 5) is 23.0. The number of carbonyl (C=O) groups excluding carboxylic acids is 1. The van der Waals surface area contributed by atoms with Crippen molar-refractivity contribution in [2.24, 2.45) is 0 Å². The summed E-state index contributed by atoms with van der Waals surface area (Å²) in [6.07, 6.45) is 0.946. The van der Waals surface area contributed by atoms with Gasteiger partial charge in [-0.3, -0.25) is 19.2 Å². The van der Waals surface area contributed by atoms with Crippen LogP contribution >= 0.6 is 0 Å². The second kappa shape index (κ2) is 9.37. The smallest absolute Gasteiger partial charge is 0.271 e. The number of nitro groups is 1. The van der Waals surface area contributed by atoms with Crippen LogP contribution in [0, 0.1) is 10.1 Å². The third kappa shape index (κ3) is 5.92. The minimum absolute atomic E-state index is 0.0442. The summed E-state index contributed by atoms with van der Waals surface area (Å²) in [7, 11) is -3.87. The van der Waals surface area contributed by atoms with Crippen LogP contribution in [0.25, 0.3) is 0 Å². The number of hydrogen-bond donors (Lipinski definition) is 1. The average molecular weight is 421 g/mol. The maximum absolute atomic E-state index is 12.6. The molecule has 1 amide bonds. The molecule has 29 heavy (non-hydrogen) atoms. The Bertz CT molecular complexity index is 993. The zero-order valence-electron chi connectivity index (χ0n) is 16.4. The van der Waals surface area contributed by atoms with Crippen LogP contribution < -0.4 is 14.4 Å². The Kier molecular flexibility index (Phi) is 7.16. The maximum atomic E-state index is 12.6. The Labute approximate surface area is 169 Å². The molecule has 1 N–H and O–H groups in total. The van der Waals surface area contributed by atoms with Gasteiger partial charge >= 0.3 is 0 Å². The number of sulfonamides is 1. The lowest BCUT2D eigenvalue weighted by Crippen LogP contribution is -2.47. The Hall–Kier alpha value is -3.14. The van der Waals surface area contributed by atoms with Gasteiger partial charge in [-0.15, -0.1) is 0 Å². The molecule has 0 saturated heterocycles. The average Bonchev–Trinajstić information content (AvgIpc) is 2.66. The molecule has 0 saturated carbocycles. The molecule has 2 rings (SSSR count). The largest absolute Gasteiger partial charge is 0.494 e. The Morgan fingerprint density at radius 1 is 1.24 bits per heavy atom. The van der Waals surface area contributed by atoms with E-state index in [-0.39, 0.29) is 17.9 Å². The van der Waals surface area contributed by atoms with E-state index in [2.05, 4.69) is 5.32 Å². The number of amides is 1. The molecule has 10 heteroatoms. The van der Waals surface area contributed by atoms with Gasteiger partial charge in [-0.2, -0.15) is 0 Å². The standard InChI is InChI=1S/C19H23N3O6S/c1-4-28-18-10-5-7-15(11-18)13-20-19(23)14(2)21(29(3,26)27)16-8-6-9-17(12-16)22(24)25/h5-12,14H,4,13H2,1-3H3,(H,20,23). The number of nitrogens with zero attached hydrogens (tertiary/aromatic N) is 2. The van der Waals surface area contributed by atoms with Crippen LogP contribution in [0.15, 0.2) is 48.5 Å². The first-order valence-corrected chi connectivity index (χ1v) is 10.7. The number of carbonyl (C=O) groups is 1. The second-order valence-corrected chi connectivity index (χ2v) is 8.17. The van der Waals surface area contributed by atoms with Crippen LogP contribution in [0.3, 0.4) is 0 Å². The van der Waals surface area contributed by atoms with E-state index >= 15 is 0 Å². The van der Waals surface area contributed by atoms with Crippen LogP contribution in [0.5, 0.6) is 5.75 Å². The molecular formula is C19H23N3O6S. The molecule has 0 aliphatic carbocycles. The molecule has 0 fully saturated rings. The molecule has 0 heterocycles. The first-order chi connectivity index (χ1) is 13.6. The topological polar surface area (TPSA) is 119 Å². The fraction of sp³-hybridized carbons (Fsp3) is 0.316. The summed E-state index contributed by atoms with van der Waals surface area (Å²) in [5, 5.41) is 13.7. The van der Waals surface area contributed by atoms with Crippen molar-refractivity contribution in [3.8, 4) is 5.75 Å². The molecule has 0 radical (unpaired) electrons. The second-order valence-electron chi connectivity index (χ2n) is 6.31. The first kappa shape index (κ1) is 22.2. The summed E-state index contributed by atoms with van der Waals surface area (Å²) in [6.45, 7) is 3.98. The summed E-state index contributed by atoms with van der Waals surface area (Å²) in [5.41, 5.74) is 0.567. The van der Waals surface area contributed by atoms with E-state index in [9.17, 15) is 23.3 Å². The molecule has 0 aromatic heterocycles. The van der Waals surface area contributed by atoms with E-state index in [1.165, 1.54) is 25.1 Å². The van der Waals surface area contributed by atoms with Gasteiger partial charge in [-0.1, -0.05) is 18.2 Å². The zero-order chi connectivity index (χ0) is 21.6. The normalized spacial score (nSPS) is 12.1. The lowest BCUT2D eigenvalue weighted by Gasteiger charge is -2.28. The molecular weight excluding hydrogens is 398 g/mol. The van der Waals surface area contributed by atoms with E-state index in [0.717, 1.165) is 22.2 Å². The SMILES string of the molecule is CCOc1cccc(CNC(=O)C(C)N(c2cccc([N+](=O)[O-])c2)S(C)(=O)=O)c1.